The molecule has 0 rings (SSSR count). The number of phosphoric acid groups is 1. The maximum absolute atomic E-state index is 12.4. The molecule has 0 aromatic carbocycles. The molecule has 0 saturated carbocycles. The zero-order chi connectivity index (χ0) is 44.9. The van der Waals surface area contributed by atoms with Crippen LogP contribution in [0, 0.1) is 0 Å². The Morgan fingerprint density at radius 1 is 0.541 bits per heavy atom. The predicted octanol–water partition coefficient (Wildman–Crippen LogP) is 12.7. The Morgan fingerprint density at radius 3 is 1.39 bits per heavy atom. The molecule has 0 heterocycles. The third kappa shape index (κ3) is 43.6. The first-order chi connectivity index (χ1) is 29.6. The van der Waals surface area contributed by atoms with Crippen molar-refractivity contribution in [1.82, 2.24) is 5.32 Å². The standard InChI is InChI=1S/C49H86NO10P/c1-3-5-7-9-11-13-15-17-19-21-22-23-25-26-28-30-32-34-36-38-40-47(52)50-46(49(54)55)44-60-61(56,57)59-43-45(51)42-58-48(53)41-39-37-35-33-31-29-27-24-20-18-16-14-12-10-8-6-4-2/h6,8,12,14,18,20,27,29,33,35,45-46,51H,3-5,7,9-11,13,15-17,19,21-26,28,30-32,34,36-44H2,1-2H3,(H,50,52)(H,54,55)(H,56,57)/b8-6-,14-12-,20-18-,29-27-,35-33-. The van der Waals surface area contributed by atoms with Crippen LogP contribution in [-0.2, 0) is 32.7 Å². The van der Waals surface area contributed by atoms with Crippen LogP contribution < -0.4 is 5.32 Å². The molecule has 3 atom stereocenters. The van der Waals surface area contributed by atoms with Crippen LogP contribution in [0.1, 0.15) is 200 Å². The van der Waals surface area contributed by atoms with Crippen LogP contribution in [0.15, 0.2) is 60.8 Å². The van der Waals surface area contributed by atoms with Crippen molar-refractivity contribution in [3.63, 3.8) is 0 Å². The summed E-state index contributed by atoms with van der Waals surface area (Å²) in [5, 5.41) is 21.9. The lowest BCUT2D eigenvalue weighted by Crippen LogP contribution is -2.43. The molecule has 61 heavy (non-hydrogen) atoms. The zero-order valence-electron chi connectivity index (χ0n) is 38.2. The van der Waals surface area contributed by atoms with Crippen LogP contribution in [0.25, 0.3) is 0 Å². The average molecular weight is 880 g/mol. The van der Waals surface area contributed by atoms with Crippen molar-refractivity contribution in [2.75, 3.05) is 19.8 Å². The number of aliphatic hydroxyl groups is 1. The Balaban J connectivity index is 3.91. The molecule has 0 aromatic heterocycles. The molecule has 0 fully saturated rings. The van der Waals surface area contributed by atoms with Gasteiger partial charge in [-0.1, -0.05) is 197 Å². The van der Waals surface area contributed by atoms with Crippen molar-refractivity contribution in [2.24, 2.45) is 0 Å². The lowest BCUT2D eigenvalue weighted by molar-refractivity contribution is -0.147. The summed E-state index contributed by atoms with van der Waals surface area (Å²) < 4.78 is 26.8. The number of ether oxygens (including phenoxy) is 1. The molecule has 352 valence electrons. The van der Waals surface area contributed by atoms with Gasteiger partial charge in [-0.25, -0.2) is 9.36 Å². The molecule has 0 bridgehead atoms. The van der Waals surface area contributed by atoms with Crippen molar-refractivity contribution >= 4 is 25.7 Å². The predicted molar refractivity (Wildman–Crippen MR) is 249 cm³/mol. The number of allylic oxidation sites excluding steroid dienone is 10. The van der Waals surface area contributed by atoms with Gasteiger partial charge in [0.05, 0.1) is 13.2 Å². The van der Waals surface area contributed by atoms with Crippen molar-refractivity contribution < 1.29 is 47.8 Å². The molecule has 12 heteroatoms. The Labute approximate surface area is 370 Å². The van der Waals surface area contributed by atoms with E-state index < -0.39 is 57.6 Å². The number of phosphoric ester groups is 1. The molecule has 0 aromatic rings. The first-order valence-corrected chi connectivity index (χ1v) is 25.3. The zero-order valence-corrected chi connectivity index (χ0v) is 39.1. The summed E-state index contributed by atoms with van der Waals surface area (Å²) in [5.41, 5.74) is 0. The van der Waals surface area contributed by atoms with Crippen molar-refractivity contribution in [3.8, 4) is 0 Å². The molecular weight excluding hydrogens is 794 g/mol. The number of unbranched alkanes of at least 4 members (excludes halogenated alkanes) is 20. The summed E-state index contributed by atoms with van der Waals surface area (Å²) in [6.07, 6.45) is 51.1. The van der Waals surface area contributed by atoms with Crippen LogP contribution in [0.5, 0.6) is 0 Å². The van der Waals surface area contributed by atoms with Crippen LogP contribution in [-0.4, -0.2) is 64.9 Å². The van der Waals surface area contributed by atoms with Gasteiger partial charge < -0.3 is 25.2 Å². The quantitative estimate of drug-likeness (QED) is 0.0200. The summed E-state index contributed by atoms with van der Waals surface area (Å²) in [6, 6.07) is -1.55. The third-order valence-corrected chi connectivity index (χ3v) is 11.0. The Morgan fingerprint density at radius 2 is 0.951 bits per heavy atom. The van der Waals surface area contributed by atoms with Gasteiger partial charge in [0, 0.05) is 12.8 Å². The number of amides is 1. The number of hydrogen-bond donors (Lipinski definition) is 4. The highest BCUT2D eigenvalue weighted by Gasteiger charge is 2.28. The first-order valence-electron chi connectivity index (χ1n) is 23.8. The summed E-state index contributed by atoms with van der Waals surface area (Å²) in [6.45, 7) is 2.44. The highest BCUT2D eigenvalue weighted by Crippen LogP contribution is 2.43. The van der Waals surface area contributed by atoms with E-state index >= 15 is 0 Å². The number of carbonyl (C=O) groups excluding carboxylic acids is 2. The largest absolute Gasteiger partial charge is 0.480 e. The van der Waals surface area contributed by atoms with E-state index in [1.165, 1.54) is 103 Å². The van der Waals surface area contributed by atoms with Gasteiger partial charge in [0.25, 0.3) is 0 Å². The van der Waals surface area contributed by atoms with Gasteiger partial charge >= 0.3 is 19.8 Å². The molecule has 0 radical (unpaired) electrons. The fourth-order valence-electron chi connectivity index (χ4n) is 6.41. The monoisotopic (exact) mass is 880 g/mol. The van der Waals surface area contributed by atoms with Crippen LogP contribution in [0.2, 0.25) is 0 Å². The minimum atomic E-state index is -4.77. The van der Waals surface area contributed by atoms with Gasteiger partial charge in [-0.2, -0.15) is 0 Å². The normalized spacial score (nSPS) is 14.2. The van der Waals surface area contributed by atoms with E-state index in [1.807, 2.05) is 12.2 Å². The number of carbonyl (C=O) groups is 3. The molecular formula is C49H86NO10P. The number of nitrogens with one attached hydrogen (secondary N) is 1. The molecule has 0 spiro atoms. The van der Waals surface area contributed by atoms with Gasteiger partial charge in [-0.15, -0.1) is 0 Å². The molecule has 1 amide bonds. The fourth-order valence-corrected chi connectivity index (χ4v) is 7.18. The molecule has 0 aliphatic heterocycles. The SMILES string of the molecule is CC/C=C\C/C=C\C/C=C\C/C=C\C/C=C\CCCC(=O)OCC(O)COP(=O)(O)OCC(NC(=O)CCCCCCCCCCCCCCCCCCCCCC)C(=O)O. The van der Waals surface area contributed by atoms with Crippen molar-refractivity contribution in [2.45, 2.75) is 212 Å². The van der Waals surface area contributed by atoms with Gasteiger partial charge in [0.15, 0.2) is 6.04 Å². The summed E-state index contributed by atoms with van der Waals surface area (Å²) in [4.78, 5) is 46.0. The van der Waals surface area contributed by atoms with E-state index in [1.54, 1.807) is 0 Å². The van der Waals surface area contributed by atoms with Gasteiger partial charge in [0.2, 0.25) is 5.91 Å². The number of aliphatic hydroxyl groups excluding tert-OH is 1. The highest BCUT2D eigenvalue weighted by atomic mass is 31.2. The second-order valence-corrected chi connectivity index (χ2v) is 17.4. The molecule has 4 N–H and O–H groups in total. The van der Waals surface area contributed by atoms with Gasteiger partial charge in [0.1, 0.15) is 12.7 Å². The van der Waals surface area contributed by atoms with Crippen molar-refractivity contribution in [3.05, 3.63) is 60.8 Å². The van der Waals surface area contributed by atoms with E-state index in [0.717, 1.165) is 51.4 Å². The molecule has 0 aliphatic carbocycles. The molecule has 0 aliphatic rings. The third-order valence-electron chi connectivity index (χ3n) is 10.1. The van der Waals surface area contributed by atoms with Crippen LogP contribution in [0.4, 0.5) is 0 Å². The molecule has 3 unspecified atom stereocenters. The van der Waals surface area contributed by atoms with Crippen molar-refractivity contribution in [1.29, 1.82) is 0 Å². The highest BCUT2D eigenvalue weighted by molar-refractivity contribution is 7.47. The van der Waals surface area contributed by atoms with E-state index in [4.69, 9.17) is 13.8 Å². The average Bonchev–Trinajstić information content (AvgIpc) is 3.24. The van der Waals surface area contributed by atoms with E-state index in [9.17, 15) is 34.1 Å². The Bertz CT molecular complexity index is 1260. The maximum atomic E-state index is 12.4. The molecule has 11 nitrogen and oxygen atoms in total. The lowest BCUT2D eigenvalue weighted by Gasteiger charge is -2.18. The summed E-state index contributed by atoms with van der Waals surface area (Å²) in [5.74, 6) is -2.43. The number of esters is 1. The molecule has 0 saturated heterocycles. The number of hydrogen-bond acceptors (Lipinski definition) is 8. The lowest BCUT2D eigenvalue weighted by atomic mass is 10.0. The van der Waals surface area contributed by atoms with E-state index in [-0.39, 0.29) is 12.8 Å². The summed E-state index contributed by atoms with van der Waals surface area (Å²) in [7, 11) is -4.77. The minimum absolute atomic E-state index is 0.143. The number of aliphatic carboxylic acids is 1. The number of rotatable bonds is 44. The second kappa shape index (κ2) is 43.8. The number of carboxylic acids is 1. The van der Waals surface area contributed by atoms with Crippen LogP contribution >= 0.6 is 7.82 Å². The van der Waals surface area contributed by atoms with Gasteiger partial charge in [-0.05, 0) is 51.4 Å². The number of carboxylic acid groups (broad SMARTS) is 1. The first kappa shape index (κ1) is 58.2. The minimum Gasteiger partial charge on any atom is -0.480 e. The fraction of sp³-hybridized carbons (Fsp3) is 0.735. The summed E-state index contributed by atoms with van der Waals surface area (Å²) >= 11 is 0. The Kier molecular flexibility index (Phi) is 41.8. The van der Waals surface area contributed by atoms with E-state index in [0.29, 0.717) is 19.3 Å². The van der Waals surface area contributed by atoms with Gasteiger partial charge in [-0.3, -0.25) is 18.6 Å². The maximum Gasteiger partial charge on any atom is 0.472 e. The van der Waals surface area contributed by atoms with E-state index in [2.05, 4.69) is 67.8 Å². The van der Waals surface area contributed by atoms with Crippen LogP contribution in [0.3, 0.4) is 0 Å². The smallest absolute Gasteiger partial charge is 0.472 e. The Hall–Kier alpha value is -2.82. The second-order valence-electron chi connectivity index (χ2n) is 15.9. The topological polar surface area (TPSA) is 169 Å².